The molecule has 9 nitrogen and oxygen atoms in total. The molecule has 0 aromatic carbocycles. The van der Waals surface area contributed by atoms with Gasteiger partial charge in [0.1, 0.15) is 41.6 Å². The SMILES string of the molecule is CCS[C@H]([C@@H](O)[C@H](O)[C@H](O)[C@H](O)CO)n1cnc2c(Cl)ncnc21. The van der Waals surface area contributed by atoms with Crippen LogP contribution in [0.2, 0.25) is 5.15 Å². The second-order valence-corrected chi connectivity index (χ2v) is 6.81. The van der Waals surface area contributed by atoms with Crippen molar-refractivity contribution in [3.05, 3.63) is 17.8 Å². The molecule has 2 rings (SSSR count). The third kappa shape index (κ3) is 3.80. The number of aliphatic hydroxyl groups excluding tert-OH is 5. The smallest absolute Gasteiger partial charge is 0.165 e. The summed E-state index contributed by atoms with van der Waals surface area (Å²) in [6.45, 7) is 1.12. The third-order valence-electron chi connectivity index (χ3n) is 3.50. The summed E-state index contributed by atoms with van der Waals surface area (Å²) in [5.41, 5.74) is 0.711. The summed E-state index contributed by atoms with van der Waals surface area (Å²) in [6.07, 6.45) is -3.77. The Morgan fingerprint density at radius 3 is 2.46 bits per heavy atom. The van der Waals surface area contributed by atoms with Gasteiger partial charge in [-0.15, -0.1) is 11.8 Å². The monoisotopic (exact) mass is 378 g/mol. The van der Waals surface area contributed by atoms with Crippen LogP contribution in [0.1, 0.15) is 12.3 Å². The van der Waals surface area contributed by atoms with Crippen molar-refractivity contribution in [1.82, 2.24) is 19.5 Å². The Kier molecular flexibility index (Phi) is 6.75. The fraction of sp³-hybridized carbons (Fsp3) is 0.615. The molecule has 5 atom stereocenters. The van der Waals surface area contributed by atoms with E-state index in [0.29, 0.717) is 16.9 Å². The predicted molar refractivity (Wildman–Crippen MR) is 88.6 cm³/mol. The van der Waals surface area contributed by atoms with Gasteiger partial charge in [0.05, 0.1) is 12.9 Å². The molecule has 0 amide bonds. The first kappa shape index (κ1) is 19.3. The summed E-state index contributed by atoms with van der Waals surface area (Å²) in [6, 6.07) is 0. The van der Waals surface area contributed by atoms with Crippen LogP contribution in [0.4, 0.5) is 0 Å². The van der Waals surface area contributed by atoms with Crippen LogP contribution in [0.15, 0.2) is 12.7 Å². The van der Waals surface area contributed by atoms with Crippen molar-refractivity contribution in [2.24, 2.45) is 0 Å². The van der Waals surface area contributed by atoms with E-state index in [4.69, 9.17) is 16.7 Å². The van der Waals surface area contributed by atoms with Gasteiger partial charge in [0.25, 0.3) is 0 Å². The molecule has 2 aromatic rings. The van der Waals surface area contributed by atoms with Crippen molar-refractivity contribution >= 4 is 34.5 Å². The maximum atomic E-state index is 10.5. The number of thioether (sulfide) groups is 1. The third-order valence-corrected chi connectivity index (χ3v) is 4.96. The summed E-state index contributed by atoms with van der Waals surface area (Å²) in [5.74, 6) is 0.589. The van der Waals surface area contributed by atoms with Gasteiger partial charge < -0.3 is 25.5 Å². The highest BCUT2D eigenvalue weighted by Crippen LogP contribution is 2.32. The van der Waals surface area contributed by atoms with Crippen LogP contribution < -0.4 is 0 Å². The van der Waals surface area contributed by atoms with Gasteiger partial charge in [-0.05, 0) is 5.75 Å². The van der Waals surface area contributed by atoms with E-state index in [-0.39, 0.29) is 5.15 Å². The molecule has 0 saturated heterocycles. The molecule has 0 radical (unpaired) electrons. The molecular weight excluding hydrogens is 360 g/mol. The van der Waals surface area contributed by atoms with Crippen molar-refractivity contribution in [3.8, 4) is 0 Å². The Morgan fingerprint density at radius 1 is 1.12 bits per heavy atom. The maximum absolute atomic E-state index is 10.5. The van der Waals surface area contributed by atoms with Crippen LogP contribution in [0, 0.1) is 0 Å². The maximum Gasteiger partial charge on any atom is 0.165 e. The number of nitrogens with zero attached hydrogens (tertiary/aromatic N) is 4. The molecule has 0 saturated carbocycles. The number of fused-ring (bicyclic) bond motifs is 1. The van der Waals surface area contributed by atoms with Crippen LogP contribution in [-0.2, 0) is 0 Å². The Morgan fingerprint density at radius 2 is 1.83 bits per heavy atom. The van der Waals surface area contributed by atoms with Crippen LogP contribution in [0.25, 0.3) is 11.2 Å². The molecule has 5 N–H and O–H groups in total. The van der Waals surface area contributed by atoms with Crippen molar-refractivity contribution in [3.63, 3.8) is 0 Å². The number of aliphatic hydroxyl groups is 5. The predicted octanol–water partition coefficient (Wildman–Crippen LogP) is -0.833. The van der Waals surface area contributed by atoms with E-state index >= 15 is 0 Å². The fourth-order valence-corrected chi connectivity index (χ4v) is 3.42. The number of imidazole rings is 1. The number of rotatable bonds is 8. The first-order valence-electron chi connectivity index (χ1n) is 7.20. The average Bonchev–Trinajstić information content (AvgIpc) is 3.02. The van der Waals surface area contributed by atoms with E-state index in [1.54, 1.807) is 0 Å². The molecule has 11 heteroatoms. The lowest BCUT2D eigenvalue weighted by atomic mass is 10.0. The van der Waals surface area contributed by atoms with Gasteiger partial charge in [-0.1, -0.05) is 18.5 Å². The molecular formula is C13H19ClN4O5S. The lowest BCUT2D eigenvalue weighted by Crippen LogP contribution is -2.48. The van der Waals surface area contributed by atoms with Gasteiger partial charge in [-0.3, -0.25) is 4.57 Å². The molecule has 0 bridgehead atoms. The summed E-state index contributed by atoms with van der Waals surface area (Å²) in [7, 11) is 0. The molecule has 2 heterocycles. The van der Waals surface area contributed by atoms with Crippen molar-refractivity contribution in [2.75, 3.05) is 12.4 Å². The van der Waals surface area contributed by atoms with Crippen LogP contribution >= 0.6 is 23.4 Å². The Balaban J connectivity index is 2.35. The van der Waals surface area contributed by atoms with E-state index in [2.05, 4.69) is 15.0 Å². The van der Waals surface area contributed by atoms with Crippen molar-refractivity contribution < 1.29 is 25.5 Å². The minimum absolute atomic E-state index is 0.157. The highest BCUT2D eigenvalue weighted by atomic mass is 35.5. The van der Waals surface area contributed by atoms with Crippen molar-refractivity contribution in [1.29, 1.82) is 0 Å². The second kappa shape index (κ2) is 8.39. The van der Waals surface area contributed by atoms with Gasteiger partial charge in [-0.25, -0.2) is 15.0 Å². The topological polar surface area (TPSA) is 145 Å². The van der Waals surface area contributed by atoms with Crippen LogP contribution in [0.3, 0.4) is 0 Å². The quantitative estimate of drug-likeness (QED) is 0.371. The Hall–Kier alpha value is -1.01. The van der Waals surface area contributed by atoms with E-state index < -0.39 is 36.4 Å². The number of halogens is 1. The van der Waals surface area contributed by atoms with E-state index in [1.165, 1.54) is 29.0 Å². The van der Waals surface area contributed by atoms with E-state index in [9.17, 15) is 20.4 Å². The van der Waals surface area contributed by atoms with E-state index in [1.807, 2.05) is 6.92 Å². The molecule has 0 fully saturated rings. The Bertz CT molecular complexity index is 675. The molecule has 0 aliphatic rings. The molecule has 24 heavy (non-hydrogen) atoms. The zero-order chi connectivity index (χ0) is 17.9. The Labute approximate surface area is 147 Å². The molecule has 2 aromatic heterocycles. The molecule has 0 aliphatic carbocycles. The highest BCUT2D eigenvalue weighted by Gasteiger charge is 2.36. The van der Waals surface area contributed by atoms with Crippen molar-refractivity contribution in [2.45, 2.75) is 36.7 Å². The van der Waals surface area contributed by atoms with Gasteiger partial charge >= 0.3 is 0 Å². The molecule has 0 spiro atoms. The lowest BCUT2D eigenvalue weighted by molar-refractivity contribution is -0.118. The zero-order valence-electron chi connectivity index (χ0n) is 12.8. The first-order valence-corrected chi connectivity index (χ1v) is 8.62. The highest BCUT2D eigenvalue weighted by molar-refractivity contribution is 7.99. The standard InChI is InChI=1S/C13H19ClN4O5S/c1-2-24-13(10(23)9(22)8(21)6(20)3-19)18-5-17-7-11(14)15-4-16-12(7)18/h4-6,8-10,13,19-23H,2-3H2,1H3/t6-,8-,9-,10+,13-/m1/s1. The van der Waals surface area contributed by atoms with Gasteiger partial charge in [0.2, 0.25) is 0 Å². The van der Waals surface area contributed by atoms with Gasteiger partial charge in [-0.2, -0.15) is 0 Å². The lowest BCUT2D eigenvalue weighted by Gasteiger charge is -2.31. The van der Waals surface area contributed by atoms with Crippen LogP contribution in [-0.4, -0.2) is 81.8 Å². The summed E-state index contributed by atoms with van der Waals surface area (Å²) >= 11 is 7.24. The summed E-state index contributed by atoms with van der Waals surface area (Å²) in [5, 5.41) is 48.2. The average molecular weight is 379 g/mol. The summed E-state index contributed by atoms with van der Waals surface area (Å²) in [4.78, 5) is 12.0. The molecule has 0 unspecified atom stereocenters. The first-order chi connectivity index (χ1) is 11.4. The normalized spacial score (nSPS) is 18.3. The largest absolute Gasteiger partial charge is 0.394 e. The second-order valence-electron chi connectivity index (χ2n) is 5.06. The number of aromatic nitrogens is 4. The zero-order valence-corrected chi connectivity index (χ0v) is 14.3. The number of hydrogen-bond acceptors (Lipinski definition) is 9. The summed E-state index contributed by atoms with van der Waals surface area (Å²) < 4.78 is 1.52. The van der Waals surface area contributed by atoms with Crippen LogP contribution in [0.5, 0.6) is 0 Å². The minimum Gasteiger partial charge on any atom is -0.394 e. The van der Waals surface area contributed by atoms with Gasteiger partial charge in [0, 0.05) is 0 Å². The van der Waals surface area contributed by atoms with Gasteiger partial charge in [0.15, 0.2) is 10.8 Å². The van der Waals surface area contributed by atoms with E-state index in [0.717, 1.165) is 0 Å². The number of hydrogen-bond donors (Lipinski definition) is 5. The minimum atomic E-state index is -1.71. The molecule has 0 aliphatic heterocycles. The fourth-order valence-electron chi connectivity index (χ4n) is 2.23. The molecule has 134 valence electrons.